The molecule has 0 aliphatic carbocycles. The molecule has 0 unspecified atom stereocenters. The van der Waals surface area contributed by atoms with Crippen LogP contribution in [0.3, 0.4) is 0 Å². The first-order chi connectivity index (χ1) is 8.71. The molecular weight excluding hydrogens is 244 g/mol. The normalized spacial score (nSPS) is 26.8. The summed E-state index contributed by atoms with van der Waals surface area (Å²) in [7, 11) is 0. The number of carbonyl (C=O) groups is 2. The van der Waals surface area contributed by atoms with Gasteiger partial charge in [0.15, 0.2) is 0 Å². The smallest absolute Gasteiger partial charge is 0.248 e. The lowest BCUT2D eigenvalue weighted by Crippen LogP contribution is -2.65. The molecule has 0 aromatic heterocycles. The number of nitrogens with one attached hydrogen (secondary N) is 2. The molecule has 2 amide bonds. The molecule has 0 radical (unpaired) electrons. The summed E-state index contributed by atoms with van der Waals surface area (Å²) in [6.07, 6.45) is 2.35. The molecule has 1 rings (SSSR count). The van der Waals surface area contributed by atoms with Crippen molar-refractivity contribution < 1.29 is 14.3 Å². The Hall–Kier alpha value is -1.36. The van der Waals surface area contributed by atoms with Gasteiger partial charge in [-0.1, -0.05) is 6.08 Å². The number of amides is 2. The van der Waals surface area contributed by atoms with E-state index in [-0.39, 0.29) is 23.5 Å². The van der Waals surface area contributed by atoms with Gasteiger partial charge in [0.1, 0.15) is 5.54 Å². The molecule has 1 fully saturated rings. The fourth-order valence-electron chi connectivity index (χ4n) is 2.31. The first kappa shape index (κ1) is 15.7. The van der Waals surface area contributed by atoms with E-state index >= 15 is 0 Å². The van der Waals surface area contributed by atoms with E-state index in [1.54, 1.807) is 6.08 Å². The topological polar surface area (TPSA) is 67.4 Å². The van der Waals surface area contributed by atoms with Crippen molar-refractivity contribution in [1.82, 2.24) is 10.6 Å². The van der Waals surface area contributed by atoms with E-state index in [0.29, 0.717) is 19.4 Å². The maximum absolute atomic E-state index is 12.6. The SMILES string of the molecule is C=CC[C@@H]1OCC[C@@]1(NC(C)=O)C(=O)NC(C)(C)C. The lowest BCUT2D eigenvalue weighted by atomic mass is 9.87. The number of ether oxygens (including phenoxy) is 1. The first-order valence-corrected chi connectivity index (χ1v) is 6.55. The van der Waals surface area contributed by atoms with Crippen LogP contribution in [0.4, 0.5) is 0 Å². The van der Waals surface area contributed by atoms with E-state index in [2.05, 4.69) is 17.2 Å². The van der Waals surface area contributed by atoms with Crippen LogP contribution in [-0.4, -0.2) is 35.6 Å². The Morgan fingerprint density at radius 1 is 1.47 bits per heavy atom. The molecule has 1 aliphatic rings. The van der Waals surface area contributed by atoms with Crippen LogP contribution in [0.5, 0.6) is 0 Å². The van der Waals surface area contributed by atoms with E-state index in [4.69, 9.17) is 4.74 Å². The van der Waals surface area contributed by atoms with Gasteiger partial charge in [-0.05, 0) is 27.2 Å². The highest BCUT2D eigenvalue weighted by Crippen LogP contribution is 2.29. The highest BCUT2D eigenvalue weighted by atomic mass is 16.5. The minimum Gasteiger partial charge on any atom is -0.375 e. The molecule has 5 heteroatoms. The van der Waals surface area contributed by atoms with Gasteiger partial charge in [0, 0.05) is 25.5 Å². The van der Waals surface area contributed by atoms with Gasteiger partial charge in [0.25, 0.3) is 0 Å². The van der Waals surface area contributed by atoms with E-state index in [1.807, 2.05) is 20.8 Å². The van der Waals surface area contributed by atoms with Crippen LogP contribution >= 0.6 is 0 Å². The summed E-state index contributed by atoms with van der Waals surface area (Å²) in [4.78, 5) is 24.0. The summed E-state index contributed by atoms with van der Waals surface area (Å²) in [6, 6.07) is 0. The Kier molecular flexibility index (Phi) is 4.74. The fraction of sp³-hybridized carbons (Fsp3) is 0.714. The van der Waals surface area contributed by atoms with Gasteiger partial charge in [-0.3, -0.25) is 9.59 Å². The zero-order chi connectivity index (χ0) is 14.7. The van der Waals surface area contributed by atoms with Crippen LogP contribution in [0, 0.1) is 0 Å². The van der Waals surface area contributed by atoms with Gasteiger partial charge in [-0.25, -0.2) is 0 Å². The molecule has 2 N–H and O–H groups in total. The summed E-state index contributed by atoms with van der Waals surface area (Å²) in [6.45, 7) is 11.3. The summed E-state index contributed by atoms with van der Waals surface area (Å²) < 4.78 is 5.60. The molecule has 1 aliphatic heterocycles. The first-order valence-electron chi connectivity index (χ1n) is 6.55. The fourth-order valence-corrected chi connectivity index (χ4v) is 2.31. The van der Waals surface area contributed by atoms with Crippen LogP contribution in [0.15, 0.2) is 12.7 Å². The zero-order valence-electron chi connectivity index (χ0n) is 12.2. The third kappa shape index (κ3) is 3.80. The van der Waals surface area contributed by atoms with Gasteiger partial charge in [0.05, 0.1) is 6.10 Å². The number of rotatable bonds is 4. The Labute approximate surface area is 114 Å². The molecule has 19 heavy (non-hydrogen) atoms. The average Bonchev–Trinajstić information content (AvgIpc) is 2.60. The van der Waals surface area contributed by atoms with Crippen molar-refractivity contribution >= 4 is 11.8 Å². The predicted octanol–water partition coefficient (Wildman–Crippen LogP) is 1.14. The minimum absolute atomic E-state index is 0.195. The zero-order valence-corrected chi connectivity index (χ0v) is 12.2. The number of carbonyl (C=O) groups excluding carboxylic acids is 2. The maximum Gasteiger partial charge on any atom is 0.248 e. The minimum atomic E-state index is -0.993. The lowest BCUT2D eigenvalue weighted by Gasteiger charge is -2.35. The van der Waals surface area contributed by atoms with Crippen molar-refractivity contribution in [3.8, 4) is 0 Å². The van der Waals surface area contributed by atoms with Gasteiger partial charge in [0.2, 0.25) is 11.8 Å². The van der Waals surface area contributed by atoms with Crippen LogP contribution in [-0.2, 0) is 14.3 Å². The highest BCUT2D eigenvalue weighted by Gasteiger charge is 2.51. The van der Waals surface area contributed by atoms with Crippen molar-refractivity contribution in [3.05, 3.63) is 12.7 Å². The molecule has 108 valence electrons. The van der Waals surface area contributed by atoms with Crippen LogP contribution in [0.25, 0.3) is 0 Å². The Balaban J connectivity index is 3.01. The number of hydrogen-bond donors (Lipinski definition) is 2. The molecule has 1 saturated heterocycles. The van der Waals surface area contributed by atoms with E-state index in [0.717, 1.165) is 0 Å². The number of hydrogen-bond acceptors (Lipinski definition) is 3. The van der Waals surface area contributed by atoms with Crippen molar-refractivity contribution in [3.63, 3.8) is 0 Å². The largest absolute Gasteiger partial charge is 0.375 e. The highest BCUT2D eigenvalue weighted by molar-refractivity contribution is 5.92. The van der Waals surface area contributed by atoms with E-state index in [1.165, 1.54) is 6.92 Å². The van der Waals surface area contributed by atoms with Crippen molar-refractivity contribution in [2.75, 3.05) is 6.61 Å². The van der Waals surface area contributed by atoms with Crippen molar-refractivity contribution in [1.29, 1.82) is 0 Å². The standard InChI is InChI=1S/C14H24N2O3/c1-6-7-11-14(8-9-19-11,15-10(2)17)12(18)16-13(3,4)5/h6,11H,1,7-9H2,2-5H3,(H,15,17)(H,16,18)/t11-,14-/m0/s1. The third-order valence-electron chi connectivity index (χ3n) is 3.04. The molecular formula is C14H24N2O3. The van der Waals surface area contributed by atoms with E-state index < -0.39 is 5.54 Å². The molecule has 1 heterocycles. The molecule has 5 nitrogen and oxygen atoms in total. The predicted molar refractivity (Wildman–Crippen MR) is 73.6 cm³/mol. The van der Waals surface area contributed by atoms with E-state index in [9.17, 15) is 9.59 Å². The molecule has 0 saturated carbocycles. The van der Waals surface area contributed by atoms with Crippen molar-refractivity contribution in [2.45, 2.75) is 57.7 Å². The Bertz CT molecular complexity index is 373. The summed E-state index contributed by atoms with van der Waals surface area (Å²) in [5, 5.41) is 5.72. The van der Waals surface area contributed by atoms with Crippen LogP contribution in [0.2, 0.25) is 0 Å². The Morgan fingerprint density at radius 2 is 2.11 bits per heavy atom. The summed E-state index contributed by atoms with van der Waals surface area (Å²) in [5.41, 5.74) is -1.35. The maximum atomic E-state index is 12.6. The second-order valence-electron chi connectivity index (χ2n) is 5.99. The monoisotopic (exact) mass is 268 g/mol. The Morgan fingerprint density at radius 3 is 2.58 bits per heavy atom. The molecule has 0 spiro atoms. The van der Waals surface area contributed by atoms with Gasteiger partial charge >= 0.3 is 0 Å². The second kappa shape index (κ2) is 5.74. The van der Waals surface area contributed by atoms with Gasteiger partial charge in [-0.15, -0.1) is 6.58 Å². The summed E-state index contributed by atoms with van der Waals surface area (Å²) >= 11 is 0. The van der Waals surface area contributed by atoms with Crippen LogP contribution in [0.1, 0.15) is 40.5 Å². The van der Waals surface area contributed by atoms with Gasteiger partial charge < -0.3 is 15.4 Å². The molecule has 0 aromatic rings. The molecule has 0 bridgehead atoms. The summed E-state index contributed by atoms with van der Waals surface area (Å²) in [5.74, 6) is -0.428. The lowest BCUT2D eigenvalue weighted by molar-refractivity contribution is -0.136. The quantitative estimate of drug-likeness (QED) is 0.751. The second-order valence-corrected chi connectivity index (χ2v) is 5.99. The average molecular weight is 268 g/mol. The molecule has 0 aromatic carbocycles. The van der Waals surface area contributed by atoms with Crippen molar-refractivity contribution in [2.24, 2.45) is 0 Å². The van der Waals surface area contributed by atoms with Crippen LogP contribution < -0.4 is 10.6 Å². The van der Waals surface area contributed by atoms with Gasteiger partial charge in [-0.2, -0.15) is 0 Å². The molecule has 2 atom stereocenters. The third-order valence-corrected chi connectivity index (χ3v) is 3.04.